The predicted octanol–water partition coefficient (Wildman–Crippen LogP) is 3.28. The van der Waals surface area contributed by atoms with Gasteiger partial charge in [0.15, 0.2) is 5.96 Å². The Morgan fingerprint density at radius 3 is 2.24 bits per heavy atom. The van der Waals surface area contributed by atoms with Crippen LogP contribution in [0.2, 0.25) is 0 Å². The minimum atomic E-state index is 0.207. The Kier molecular flexibility index (Phi) is 5.67. The van der Waals surface area contributed by atoms with Gasteiger partial charge in [0.25, 0.3) is 0 Å². The summed E-state index contributed by atoms with van der Waals surface area (Å²) in [6, 6.07) is 10.4. The van der Waals surface area contributed by atoms with Crippen LogP contribution in [0.25, 0.3) is 0 Å². The first kappa shape index (κ1) is 18.2. The molecule has 2 aliphatic rings. The molecule has 1 aromatic rings. The number of benzene rings is 1. The zero-order valence-corrected chi connectivity index (χ0v) is 16.3. The molecule has 1 heterocycles. The highest BCUT2D eigenvalue weighted by atomic mass is 15.2. The number of hydrogen-bond acceptors (Lipinski definition) is 2. The van der Waals surface area contributed by atoms with E-state index in [1.54, 1.807) is 0 Å². The smallest absolute Gasteiger partial charge is 0.191 e. The van der Waals surface area contributed by atoms with Gasteiger partial charge in [-0.3, -0.25) is 4.99 Å². The van der Waals surface area contributed by atoms with Crippen molar-refractivity contribution in [3.63, 3.8) is 0 Å². The molecule has 2 fully saturated rings. The lowest BCUT2D eigenvalue weighted by Gasteiger charge is -2.33. The third-order valence-electron chi connectivity index (χ3n) is 5.44. The Morgan fingerprint density at radius 1 is 1.08 bits per heavy atom. The van der Waals surface area contributed by atoms with E-state index in [9.17, 15) is 0 Å². The Bertz CT molecular complexity index is 573. The largest absolute Gasteiger partial charge is 0.354 e. The maximum atomic E-state index is 4.40. The van der Waals surface area contributed by atoms with Gasteiger partial charge in [-0.15, -0.1) is 0 Å². The average Bonchev–Trinajstić information content (AvgIpc) is 3.44. The molecule has 4 nitrogen and oxygen atoms in total. The first-order chi connectivity index (χ1) is 12.0. The van der Waals surface area contributed by atoms with Crippen LogP contribution in [0.1, 0.15) is 57.6 Å². The van der Waals surface area contributed by atoms with Gasteiger partial charge in [0.1, 0.15) is 0 Å². The van der Waals surface area contributed by atoms with Crippen LogP contribution in [-0.4, -0.2) is 43.1 Å². The molecule has 1 saturated heterocycles. The van der Waals surface area contributed by atoms with Gasteiger partial charge < -0.3 is 15.5 Å². The number of piperidine rings is 1. The van der Waals surface area contributed by atoms with Crippen molar-refractivity contribution < 1.29 is 0 Å². The zero-order valence-electron chi connectivity index (χ0n) is 16.3. The molecule has 0 amide bonds. The van der Waals surface area contributed by atoms with Crippen molar-refractivity contribution in [3.8, 4) is 0 Å². The monoisotopic (exact) mass is 342 g/mol. The van der Waals surface area contributed by atoms with Gasteiger partial charge in [-0.25, -0.2) is 0 Å². The molecule has 0 spiro atoms. The van der Waals surface area contributed by atoms with E-state index in [2.05, 4.69) is 65.6 Å². The fraction of sp³-hybridized carbons (Fsp3) is 0.667. The Hall–Kier alpha value is -1.55. The van der Waals surface area contributed by atoms with Gasteiger partial charge in [-0.2, -0.15) is 0 Å². The molecule has 25 heavy (non-hydrogen) atoms. The minimum Gasteiger partial charge on any atom is -0.354 e. The molecule has 0 atom stereocenters. The first-order valence-electron chi connectivity index (χ1n) is 9.76. The lowest BCUT2D eigenvalue weighted by molar-refractivity contribution is 0.197. The molecule has 4 heteroatoms. The molecule has 0 unspecified atom stereocenters. The van der Waals surface area contributed by atoms with Crippen molar-refractivity contribution in [3.05, 3.63) is 35.4 Å². The van der Waals surface area contributed by atoms with E-state index in [4.69, 9.17) is 0 Å². The molecule has 0 aromatic heterocycles. The number of guanidine groups is 1. The van der Waals surface area contributed by atoms with Gasteiger partial charge in [-0.1, -0.05) is 45.0 Å². The number of nitrogens with zero attached hydrogens (tertiary/aromatic N) is 2. The molecular weight excluding hydrogens is 308 g/mol. The van der Waals surface area contributed by atoms with Crippen molar-refractivity contribution in [1.29, 1.82) is 0 Å². The van der Waals surface area contributed by atoms with Crippen molar-refractivity contribution in [2.75, 3.05) is 20.1 Å². The summed E-state index contributed by atoms with van der Waals surface area (Å²) in [6.07, 6.45) is 5.26. The summed E-state index contributed by atoms with van der Waals surface area (Å²) in [5.74, 6) is 0.921. The SMILES string of the molecule is CN=C(NCc1ccc(C(C)(C)C)cc1)NC1CCN(C2CC2)CC1. The lowest BCUT2D eigenvalue weighted by atomic mass is 9.87. The first-order valence-corrected chi connectivity index (χ1v) is 9.76. The minimum absolute atomic E-state index is 0.207. The van der Waals surface area contributed by atoms with Crippen LogP contribution in [0.15, 0.2) is 29.3 Å². The van der Waals surface area contributed by atoms with Crippen LogP contribution in [-0.2, 0) is 12.0 Å². The number of rotatable bonds is 4. The van der Waals surface area contributed by atoms with E-state index >= 15 is 0 Å². The molecule has 0 radical (unpaired) electrons. The van der Waals surface area contributed by atoms with E-state index in [0.29, 0.717) is 6.04 Å². The van der Waals surface area contributed by atoms with Crippen LogP contribution in [0.5, 0.6) is 0 Å². The Morgan fingerprint density at radius 2 is 1.72 bits per heavy atom. The van der Waals surface area contributed by atoms with E-state index in [-0.39, 0.29) is 5.41 Å². The second-order valence-corrected chi connectivity index (χ2v) is 8.56. The predicted molar refractivity (Wildman–Crippen MR) is 106 cm³/mol. The molecule has 1 aromatic carbocycles. The quantitative estimate of drug-likeness (QED) is 0.652. The van der Waals surface area contributed by atoms with E-state index in [1.807, 2.05) is 7.05 Å². The summed E-state index contributed by atoms with van der Waals surface area (Å²) >= 11 is 0. The molecule has 1 saturated carbocycles. The summed E-state index contributed by atoms with van der Waals surface area (Å²) in [6.45, 7) is 10.0. The third kappa shape index (κ3) is 5.21. The summed E-state index contributed by atoms with van der Waals surface area (Å²) < 4.78 is 0. The van der Waals surface area contributed by atoms with Crippen LogP contribution >= 0.6 is 0 Å². The number of hydrogen-bond donors (Lipinski definition) is 2. The van der Waals surface area contributed by atoms with Crippen molar-refractivity contribution in [2.45, 2.75) is 70.5 Å². The summed E-state index contributed by atoms with van der Waals surface area (Å²) in [5, 5.41) is 7.07. The molecular formula is C21H34N4. The van der Waals surface area contributed by atoms with E-state index < -0.39 is 0 Å². The maximum absolute atomic E-state index is 4.40. The number of nitrogens with one attached hydrogen (secondary N) is 2. The Balaban J connectivity index is 1.44. The molecule has 3 rings (SSSR count). The average molecular weight is 343 g/mol. The topological polar surface area (TPSA) is 39.7 Å². The lowest BCUT2D eigenvalue weighted by Crippen LogP contribution is -2.48. The fourth-order valence-corrected chi connectivity index (χ4v) is 3.54. The van der Waals surface area contributed by atoms with Crippen LogP contribution < -0.4 is 10.6 Å². The second-order valence-electron chi connectivity index (χ2n) is 8.56. The van der Waals surface area contributed by atoms with Gasteiger partial charge in [0.2, 0.25) is 0 Å². The number of aliphatic imine (C=N–C) groups is 1. The van der Waals surface area contributed by atoms with E-state index in [1.165, 1.54) is 49.9 Å². The highest BCUT2D eigenvalue weighted by Gasteiger charge is 2.31. The summed E-state index contributed by atoms with van der Waals surface area (Å²) in [5.41, 5.74) is 2.87. The fourth-order valence-electron chi connectivity index (χ4n) is 3.54. The molecule has 138 valence electrons. The molecule has 2 N–H and O–H groups in total. The molecule has 0 bridgehead atoms. The summed E-state index contributed by atoms with van der Waals surface area (Å²) in [7, 11) is 1.86. The summed E-state index contributed by atoms with van der Waals surface area (Å²) in [4.78, 5) is 7.06. The standard InChI is InChI=1S/C21H34N4/c1-21(2,3)17-7-5-16(6-8-17)15-23-20(22-4)24-18-11-13-25(14-12-18)19-9-10-19/h5-8,18-19H,9-15H2,1-4H3,(H2,22,23,24). The highest BCUT2D eigenvalue weighted by Crippen LogP contribution is 2.29. The zero-order chi connectivity index (χ0) is 17.9. The van der Waals surface area contributed by atoms with Crippen LogP contribution in [0, 0.1) is 0 Å². The Labute approximate surface area is 153 Å². The highest BCUT2D eigenvalue weighted by molar-refractivity contribution is 5.79. The van der Waals surface area contributed by atoms with Crippen LogP contribution in [0.4, 0.5) is 0 Å². The number of likely N-dealkylation sites (tertiary alicyclic amines) is 1. The van der Waals surface area contributed by atoms with Crippen molar-refractivity contribution >= 4 is 5.96 Å². The third-order valence-corrected chi connectivity index (χ3v) is 5.44. The maximum Gasteiger partial charge on any atom is 0.191 e. The van der Waals surface area contributed by atoms with Crippen molar-refractivity contribution in [2.24, 2.45) is 4.99 Å². The van der Waals surface area contributed by atoms with Crippen molar-refractivity contribution in [1.82, 2.24) is 15.5 Å². The van der Waals surface area contributed by atoms with Gasteiger partial charge in [0.05, 0.1) is 0 Å². The van der Waals surface area contributed by atoms with Crippen LogP contribution in [0.3, 0.4) is 0 Å². The molecule has 1 aliphatic heterocycles. The van der Waals surface area contributed by atoms with E-state index in [0.717, 1.165) is 18.5 Å². The molecule has 1 aliphatic carbocycles. The van der Waals surface area contributed by atoms with Gasteiger partial charge in [-0.05, 0) is 42.2 Å². The van der Waals surface area contributed by atoms with Gasteiger partial charge >= 0.3 is 0 Å². The normalized spacial score (nSPS) is 20.6. The van der Waals surface area contributed by atoms with Gasteiger partial charge in [0, 0.05) is 38.8 Å². The second kappa shape index (κ2) is 7.77.